The molecule has 0 fully saturated rings. The molecule has 2 aromatic rings. The molecule has 1 unspecified atom stereocenters. The molecule has 0 spiro atoms. The van der Waals surface area contributed by atoms with Crippen molar-refractivity contribution in [3.8, 4) is 11.5 Å². The van der Waals surface area contributed by atoms with Crippen molar-refractivity contribution in [3.63, 3.8) is 0 Å². The monoisotopic (exact) mass is 499 g/mol. The van der Waals surface area contributed by atoms with E-state index in [2.05, 4.69) is 19.9 Å². The average Bonchev–Trinajstić information content (AvgIpc) is 2.70. The van der Waals surface area contributed by atoms with Crippen LogP contribution in [0.2, 0.25) is 0 Å². The Hall–Kier alpha value is -2.88. The maximum Gasteiger partial charge on any atom is 0.408 e. The number of nitrogens with two attached hydrogens (primary N) is 1. The van der Waals surface area contributed by atoms with Crippen LogP contribution in [0.5, 0.6) is 0 Å². The van der Waals surface area contributed by atoms with Gasteiger partial charge in [0.05, 0.1) is 5.03 Å². The van der Waals surface area contributed by atoms with Crippen LogP contribution in [0.1, 0.15) is 13.8 Å². The number of rotatable bonds is 9. The Balaban J connectivity index is 2.40. The lowest BCUT2D eigenvalue weighted by atomic mass is 10.3. The summed E-state index contributed by atoms with van der Waals surface area (Å²) in [5, 5.41) is 13.1. The van der Waals surface area contributed by atoms with Crippen molar-refractivity contribution in [2.75, 3.05) is 16.4 Å². The summed E-state index contributed by atoms with van der Waals surface area (Å²) >= 11 is 0.985. The van der Waals surface area contributed by atoms with Crippen LogP contribution >= 0.6 is 11.8 Å². The molecule has 16 heteroatoms. The van der Waals surface area contributed by atoms with Crippen LogP contribution in [-0.4, -0.2) is 67.2 Å². The quantitative estimate of drug-likeness (QED) is 0.301. The predicted octanol–water partition coefficient (Wildman–Crippen LogP) is 3.16. The number of nitrogens with zero attached hydrogens (tertiary/aromatic N) is 4. The first-order valence-electron chi connectivity index (χ1n) is 9.18. The second-order valence-corrected chi connectivity index (χ2v) is 7.78. The molecule has 9 nitrogen and oxygen atoms in total. The molecule has 33 heavy (non-hydrogen) atoms. The summed E-state index contributed by atoms with van der Waals surface area (Å²) in [5.74, 6) is -2.79. The fraction of sp³-hybridized carbons (Fsp3) is 0.471. The van der Waals surface area contributed by atoms with Gasteiger partial charge in [-0.1, -0.05) is 6.07 Å². The molecule has 0 saturated carbocycles. The van der Waals surface area contributed by atoms with E-state index in [1.54, 1.807) is 0 Å². The van der Waals surface area contributed by atoms with Crippen LogP contribution in [0.15, 0.2) is 23.2 Å². The molecule has 0 bridgehead atoms. The van der Waals surface area contributed by atoms with E-state index >= 15 is 0 Å². The summed E-state index contributed by atoms with van der Waals surface area (Å²) in [4.78, 5) is 26.3. The minimum Gasteiger partial charge on any atom is -0.480 e. The van der Waals surface area contributed by atoms with E-state index in [1.165, 1.54) is 18.2 Å². The molecule has 0 aromatic carbocycles. The second kappa shape index (κ2) is 10.4. The first-order valence-corrected chi connectivity index (χ1v) is 10.2. The second-order valence-electron chi connectivity index (χ2n) is 6.74. The molecule has 2 rings (SSSR count). The summed E-state index contributed by atoms with van der Waals surface area (Å²) in [5.41, 5.74) is 5.45. The Bertz CT molecular complexity index is 935. The smallest absolute Gasteiger partial charge is 0.408 e. The normalized spacial score (nSPS) is 14.9. The number of pyridine rings is 1. The Morgan fingerprint density at radius 1 is 1.00 bits per heavy atom. The Morgan fingerprint density at radius 2 is 1.52 bits per heavy atom. The highest BCUT2D eigenvalue weighted by Crippen LogP contribution is 2.26. The van der Waals surface area contributed by atoms with Gasteiger partial charge in [0, 0.05) is 5.75 Å². The van der Waals surface area contributed by atoms with Crippen molar-refractivity contribution < 1.29 is 36.2 Å². The highest BCUT2D eigenvalue weighted by atomic mass is 32.2. The number of alkyl halides is 6. The topological polar surface area (TPSA) is 139 Å². The number of halogens is 6. The third-order valence-electron chi connectivity index (χ3n) is 3.99. The third-order valence-corrected chi connectivity index (χ3v) is 5.04. The summed E-state index contributed by atoms with van der Waals surface area (Å²) in [6, 6.07) is -1.00. The van der Waals surface area contributed by atoms with Crippen LogP contribution in [0.4, 0.5) is 38.2 Å². The number of aliphatic carboxylic acids is 1. The lowest BCUT2D eigenvalue weighted by Crippen LogP contribution is -2.35. The maximum absolute atomic E-state index is 12.9. The zero-order valence-corrected chi connectivity index (χ0v) is 17.9. The van der Waals surface area contributed by atoms with E-state index < -0.39 is 48.3 Å². The van der Waals surface area contributed by atoms with Gasteiger partial charge >= 0.3 is 18.3 Å². The van der Waals surface area contributed by atoms with E-state index in [9.17, 15) is 31.1 Å². The number of carbonyl (C=O) groups is 1. The van der Waals surface area contributed by atoms with E-state index in [4.69, 9.17) is 10.8 Å². The number of thioether (sulfide) groups is 1. The Kier molecular flexibility index (Phi) is 8.29. The number of anilines is 2. The SMILES string of the molecule is C[C@@H](Nc1nc(N[C@H](C)C(F)(F)F)nc(-c2cccc(SCC(N)C(=O)O)n2)n1)C(F)(F)F. The molecular weight excluding hydrogens is 480 g/mol. The predicted molar refractivity (Wildman–Crippen MR) is 108 cm³/mol. The standard InChI is InChI=1S/C17H19F6N7O2S/c1-7(16(18,19)20)25-14-28-12(29-15(30-14)26-8(2)17(21,22)23)10-4-3-5-11(27-10)33-6-9(24)13(31)32/h3-5,7-9H,6,24H2,1-2H3,(H,31,32)(H2,25,26,28,29,30)/t7-,8-,9?/m1/s1. The fourth-order valence-electron chi connectivity index (χ4n) is 2.04. The average molecular weight is 499 g/mol. The highest BCUT2D eigenvalue weighted by molar-refractivity contribution is 7.99. The molecule has 3 atom stereocenters. The zero-order chi connectivity index (χ0) is 25.0. The molecule has 0 aliphatic carbocycles. The van der Waals surface area contributed by atoms with Crippen LogP contribution < -0.4 is 16.4 Å². The number of hydrogen-bond acceptors (Lipinski definition) is 9. The molecule has 0 aliphatic heterocycles. The fourth-order valence-corrected chi connectivity index (χ4v) is 2.87. The van der Waals surface area contributed by atoms with E-state index in [-0.39, 0.29) is 17.3 Å². The first-order chi connectivity index (χ1) is 15.2. The minimum atomic E-state index is -4.67. The minimum absolute atomic E-state index is 0.0109. The Labute approximate surface area is 187 Å². The number of aromatic nitrogens is 4. The molecule has 182 valence electrons. The van der Waals surface area contributed by atoms with Gasteiger partial charge in [-0.25, -0.2) is 4.98 Å². The van der Waals surface area contributed by atoms with Crippen molar-refractivity contribution >= 4 is 29.6 Å². The van der Waals surface area contributed by atoms with Gasteiger partial charge in [0.2, 0.25) is 11.9 Å². The van der Waals surface area contributed by atoms with Crippen molar-refractivity contribution in [2.45, 2.75) is 49.4 Å². The number of hydrogen-bond donors (Lipinski definition) is 4. The molecule has 2 aromatic heterocycles. The van der Waals surface area contributed by atoms with Crippen molar-refractivity contribution in [1.82, 2.24) is 19.9 Å². The van der Waals surface area contributed by atoms with Crippen LogP contribution in [0.3, 0.4) is 0 Å². The first kappa shape index (κ1) is 26.4. The molecular formula is C17H19F6N7O2S. The largest absolute Gasteiger partial charge is 0.480 e. The van der Waals surface area contributed by atoms with Gasteiger partial charge in [0.1, 0.15) is 23.8 Å². The van der Waals surface area contributed by atoms with Gasteiger partial charge in [0.15, 0.2) is 5.82 Å². The Morgan fingerprint density at radius 3 is 1.97 bits per heavy atom. The third kappa shape index (κ3) is 7.88. The van der Waals surface area contributed by atoms with Crippen LogP contribution in [0, 0.1) is 0 Å². The summed E-state index contributed by atoms with van der Waals surface area (Å²) in [6.45, 7) is 1.58. The summed E-state index contributed by atoms with van der Waals surface area (Å²) in [6.07, 6.45) is -9.34. The van der Waals surface area contributed by atoms with Gasteiger partial charge in [-0.15, -0.1) is 11.8 Å². The van der Waals surface area contributed by atoms with Crippen molar-refractivity contribution in [3.05, 3.63) is 18.2 Å². The number of nitrogens with one attached hydrogen (secondary N) is 2. The van der Waals surface area contributed by atoms with Gasteiger partial charge in [0.25, 0.3) is 0 Å². The summed E-state index contributed by atoms with van der Waals surface area (Å²) < 4.78 is 77.5. The van der Waals surface area contributed by atoms with E-state index in [1.807, 2.05) is 10.6 Å². The molecule has 2 heterocycles. The maximum atomic E-state index is 12.9. The number of carboxylic acids is 1. The van der Waals surface area contributed by atoms with Crippen molar-refractivity contribution in [2.24, 2.45) is 5.73 Å². The van der Waals surface area contributed by atoms with E-state index in [0.717, 1.165) is 25.6 Å². The van der Waals surface area contributed by atoms with Crippen molar-refractivity contribution in [1.29, 1.82) is 0 Å². The van der Waals surface area contributed by atoms with E-state index in [0.29, 0.717) is 5.03 Å². The molecule has 0 saturated heterocycles. The molecule has 0 amide bonds. The van der Waals surface area contributed by atoms with Crippen LogP contribution in [0.25, 0.3) is 11.5 Å². The van der Waals surface area contributed by atoms with Gasteiger partial charge in [-0.05, 0) is 26.0 Å². The molecule has 0 radical (unpaired) electrons. The van der Waals surface area contributed by atoms with Gasteiger partial charge in [-0.2, -0.15) is 41.3 Å². The van der Waals surface area contributed by atoms with Gasteiger partial charge < -0.3 is 21.5 Å². The lowest BCUT2D eigenvalue weighted by molar-refractivity contribution is -0.139. The lowest BCUT2D eigenvalue weighted by Gasteiger charge is -2.20. The zero-order valence-electron chi connectivity index (χ0n) is 17.1. The molecule has 5 N–H and O–H groups in total. The number of carboxylic acid groups (broad SMARTS) is 1. The summed E-state index contributed by atoms with van der Waals surface area (Å²) in [7, 11) is 0. The van der Waals surface area contributed by atoms with Crippen LogP contribution in [-0.2, 0) is 4.79 Å². The van der Waals surface area contributed by atoms with Gasteiger partial charge in [-0.3, -0.25) is 4.79 Å². The highest BCUT2D eigenvalue weighted by Gasteiger charge is 2.38. The molecule has 0 aliphatic rings.